The van der Waals surface area contributed by atoms with E-state index in [0.29, 0.717) is 12.1 Å². The molecular weight excluding hydrogens is 323 g/mol. The molecule has 0 fully saturated rings. The third kappa shape index (κ3) is 3.11. The van der Waals surface area contributed by atoms with Crippen molar-refractivity contribution in [1.82, 2.24) is 0 Å². The van der Waals surface area contributed by atoms with Crippen LogP contribution in [0, 0.1) is 20.2 Å². The van der Waals surface area contributed by atoms with E-state index in [-0.39, 0.29) is 0 Å². The van der Waals surface area contributed by atoms with E-state index in [2.05, 4.69) is 13.8 Å². The Kier molecular flexibility index (Phi) is 5.31. The lowest BCUT2D eigenvalue weighted by Crippen LogP contribution is -2.19. The van der Waals surface area contributed by atoms with Crippen LogP contribution in [0.1, 0.15) is 10.4 Å². The summed E-state index contributed by atoms with van der Waals surface area (Å²) < 4.78 is 25.9. The van der Waals surface area contributed by atoms with E-state index in [9.17, 15) is 29.6 Å². The molecule has 120 valence electrons. The highest BCUT2D eigenvalue weighted by atomic mass is 31.2. The molecule has 0 N–H and O–H groups in total. The number of nitro benzene ring substituents is 2. The molecule has 0 heterocycles. The highest BCUT2D eigenvalue weighted by Gasteiger charge is 2.42. The number of esters is 1. The van der Waals surface area contributed by atoms with Crippen LogP contribution < -0.4 is 5.30 Å². The molecule has 0 aliphatic rings. The fraction of sp³-hybridized carbons (Fsp3) is 0.300. The molecule has 0 spiro atoms. The third-order valence-corrected chi connectivity index (χ3v) is 4.61. The Labute approximate surface area is 123 Å². The average molecular weight is 334 g/mol. The topological polar surface area (TPSA) is 148 Å². The lowest BCUT2D eigenvalue weighted by molar-refractivity contribution is -0.391. The second-order valence-electron chi connectivity index (χ2n) is 3.73. The van der Waals surface area contributed by atoms with Crippen molar-refractivity contribution >= 4 is 30.2 Å². The van der Waals surface area contributed by atoms with E-state index in [0.717, 1.165) is 21.3 Å². The van der Waals surface area contributed by atoms with Gasteiger partial charge in [-0.2, -0.15) is 0 Å². The molecule has 1 rings (SSSR count). The second kappa shape index (κ2) is 6.60. The van der Waals surface area contributed by atoms with Crippen LogP contribution in [0.2, 0.25) is 0 Å². The van der Waals surface area contributed by atoms with Crippen molar-refractivity contribution in [2.24, 2.45) is 0 Å². The molecule has 0 aliphatic carbocycles. The zero-order valence-corrected chi connectivity index (χ0v) is 12.6. The predicted octanol–water partition coefficient (Wildman–Crippen LogP) is 1.40. The van der Waals surface area contributed by atoms with Crippen molar-refractivity contribution in [2.75, 3.05) is 21.3 Å². The maximum Gasteiger partial charge on any atom is 0.374 e. The summed E-state index contributed by atoms with van der Waals surface area (Å²) in [4.78, 5) is 31.7. The van der Waals surface area contributed by atoms with Gasteiger partial charge in [0.05, 0.1) is 22.5 Å². The molecule has 0 atom stereocenters. The molecule has 1 aromatic carbocycles. The van der Waals surface area contributed by atoms with Crippen molar-refractivity contribution in [1.29, 1.82) is 0 Å². The normalized spacial score (nSPS) is 11.0. The van der Waals surface area contributed by atoms with Crippen LogP contribution in [0.3, 0.4) is 0 Å². The number of carbonyl (C=O) groups is 1. The van der Waals surface area contributed by atoms with Gasteiger partial charge in [-0.25, -0.2) is 4.79 Å². The van der Waals surface area contributed by atoms with E-state index in [1.165, 1.54) is 0 Å². The largest absolute Gasteiger partial charge is 0.465 e. The standard InChI is InChI=1S/C10H11N2O9P/c1-19-10(13)6-4-7(11(14)15)9(8(5-6)12(16)17)22(18,20-2)21-3/h4-5H,1-3H3. The van der Waals surface area contributed by atoms with Crippen LogP contribution in [0.25, 0.3) is 0 Å². The second-order valence-corrected chi connectivity index (χ2v) is 5.90. The molecule has 0 saturated heterocycles. The third-order valence-electron chi connectivity index (χ3n) is 2.64. The number of carbonyl (C=O) groups excluding carboxylic acids is 1. The zero-order chi connectivity index (χ0) is 17.1. The van der Waals surface area contributed by atoms with E-state index >= 15 is 0 Å². The first kappa shape index (κ1) is 17.7. The van der Waals surface area contributed by atoms with Crippen LogP contribution in [0.15, 0.2) is 12.1 Å². The molecule has 11 nitrogen and oxygen atoms in total. The summed E-state index contributed by atoms with van der Waals surface area (Å²) in [6.45, 7) is 0. The molecule has 0 saturated carbocycles. The highest BCUT2D eigenvalue weighted by molar-refractivity contribution is 7.62. The van der Waals surface area contributed by atoms with Gasteiger partial charge in [-0.3, -0.25) is 24.8 Å². The van der Waals surface area contributed by atoms with Gasteiger partial charge in [0.25, 0.3) is 11.4 Å². The number of nitrogens with zero attached hydrogens (tertiary/aromatic N) is 2. The fourth-order valence-electron chi connectivity index (χ4n) is 1.66. The molecule has 0 unspecified atom stereocenters. The van der Waals surface area contributed by atoms with Crippen molar-refractivity contribution in [3.05, 3.63) is 37.9 Å². The highest BCUT2D eigenvalue weighted by Crippen LogP contribution is 2.50. The van der Waals surface area contributed by atoms with Gasteiger partial charge in [0.2, 0.25) is 5.30 Å². The van der Waals surface area contributed by atoms with Gasteiger partial charge in [-0.1, -0.05) is 0 Å². The number of methoxy groups -OCH3 is 1. The summed E-state index contributed by atoms with van der Waals surface area (Å²) in [5, 5.41) is 21.4. The fourth-order valence-corrected chi connectivity index (χ4v) is 3.02. The smallest absolute Gasteiger partial charge is 0.374 e. The molecule has 0 aromatic heterocycles. The number of nitro groups is 2. The predicted molar refractivity (Wildman–Crippen MR) is 72.3 cm³/mol. The first-order chi connectivity index (χ1) is 10.2. The van der Waals surface area contributed by atoms with E-state index in [1.807, 2.05) is 0 Å². The first-order valence-electron chi connectivity index (χ1n) is 5.49. The lowest BCUT2D eigenvalue weighted by Gasteiger charge is -2.14. The summed E-state index contributed by atoms with van der Waals surface area (Å²) in [5.41, 5.74) is -2.33. The van der Waals surface area contributed by atoms with E-state index in [4.69, 9.17) is 0 Å². The maximum absolute atomic E-state index is 12.4. The Morgan fingerprint density at radius 3 is 1.73 bits per heavy atom. The van der Waals surface area contributed by atoms with Crippen molar-refractivity contribution in [3.8, 4) is 0 Å². The lowest BCUT2D eigenvalue weighted by atomic mass is 10.1. The van der Waals surface area contributed by atoms with Gasteiger partial charge in [-0.15, -0.1) is 0 Å². The maximum atomic E-state index is 12.4. The number of benzene rings is 1. The van der Waals surface area contributed by atoms with Crippen molar-refractivity contribution in [2.45, 2.75) is 0 Å². The summed E-state index contributed by atoms with van der Waals surface area (Å²) in [6.07, 6.45) is 0. The molecule has 0 bridgehead atoms. The van der Waals surface area contributed by atoms with Gasteiger partial charge < -0.3 is 13.8 Å². The Balaban J connectivity index is 3.88. The minimum absolute atomic E-state index is 0.441. The number of ether oxygens (including phenoxy) is 1. The summed E-state index contributed by atoms with van der Waals surface area (Å²) in [7, 11) is -1.46. The number of hydrogen-bond donors (Lipinski definition) is 0. The molecule has 12 heteroatoms. The van der Waals surface area contributed by atoms with Gasteiger partial charge in [0.1, 0.15) is 0 Å². The van der Waals surface area contributed by atoms with Crippen LogP contribution in [0.5, 0.6) is 0 Å². The quantitative estimate of drug-likeness (QED) is 0.325. The summed E-state index contributed by atoms with van der Waals surface area (Å²) >= 11 is 0. The summed E-state index contributed by atoms with van der Waals surface area (Å²) in [6, 6.07) is 1.41. The Morgan fingerprint density at radius 2 is 1.45 bits per heavy atom. The Hall–Kier alpha value is -2.36. The monoisotopic (exact) mass is 334 g/mol. The molecule has 0 amide bonds. The molecular formula is C10H11N2O9P. The first-order valence-corrected chi connectivity index (χ1v) is 7.03. The zero-order valence-electron chi connectivity index (χ0n) is 11.7. The van der Waals surface area contributed by atoms with Gasteiger partial charge >= 0.3 is 13.6 Å². The van der Waals surface area contributed by atoms with Crippen LogP contribution in [-0.2, 0) is 18.3 Å². The van der Waals surface area contributed by atoms with E-state index in [1.54, 1.807) is 0 Å². The minimum Gasteiger partial charge on any atom is -0.465 e. The van der Waals surface area contributed by atoms with Gasteiger partial charge in [-0.05, 0) is 0 Å². The van der Waals surface area contributed by atoms with Gasteiger partial charge in [0.15, 0.2) is 0 Å². The average Bonchev–Trinajstić information content (AvgIpc) is 2.51. The van der Waals surface area contributed by atoms with Crippen molar-refractivity contribution in [3.63, 3.8) is 0 Å². The van der Waals surface area contributed by atoms with E-state index < -0.39 is 45.7 Å². The number of hydrogen-bond acceptors (Lipinski definition) is 9. The Bertz CT molecular complexity index is 644. The Morgan fingerprint density at radius 1 is 1.05 bits per heavy atom. The van der Waals surface area contributed by atoms with Crippen LogP contribution >= 0.6 is 7.60 Å². The minimum atomic E-state index is -4.31. The molecule has 1 aromatic rings. The van der Waals surface area contributed by atoms with Crippen molar-refractivity contribution < 1.29 is 33.0 Å². The van der Waals surface area contributed by atoms with Crippen LogP contribution in [0.4, 0.5) is 11.4 Å². The SMILES string of the molecule is COC(=O)c1cc([N+](=O)[O-])c(P(=O)(OC)OC)c([N+](=O)[O-])c1. The van der Waals surface area contributed by atoms with Crippen LogP contribution in [-0.4, -0.2) is 37.1 Å². The molecule has 22 heavy (non-hydrogen) atoms. The number of rotatable bonds is 6. The molecule has 0 radical (unpaired) electrons. The van der Waals surface area contributed by atoms with Gasteiger partial charge in [0, 0.05) is 26.4 Å². The molecule has 0 aliphatic heterocycles. The summed E-state index contributed by atoms with van der Waals surface area (Å²) in [5.74, 6) is -1.03.